The molecule has 1 N–H and O–H groups in total. The Balaban J connectivity index is 1.48. The van der Waals surface area contributed by atoms with E-state index in [9.17, 15) is 4.79 Å². The molecule has 0 radical (unpaired) electrons. The molecule has 0 unspecified atom stereocenters. The summed E-state index contributed by atoms with van der Waals surface area (Å²) < 4.78 is 5.30. The van der Waals surface area contributed by atoms with Crippen LogP contribution < -0.4 is 5.32 Å². The highest BCUT2D eigenvalue weighted by atomic mass is 32.2. The minimum absolute atomic E-state index is 0.0339. The highest BCUT2D eigenvalue weighted by Gasteiger charge is 2.09. The number of para-hydroxylation sites is 1. The number of hydrogen-bond donors (Lipinski definition) is 1. The highest BCUT2D eigenvalue weighted by Crippen LogP contribution is 2.20. The average molecular weight is 358 g/mol. The van der Waals surface area contributed by atoms with Gasteiger partial charge in [0.15, 0.2) is 0 Å². The van der Waals surface area contributed by atoms with Crippen molar-refractivity contribution >= 4 is 34.7 Å². The molecule has 0 aliphatic rings. The van der Waals surface area contributed by atoms with Crippen LogP contribution in [0.3, 0.4) is 0 Å². The molecule has 1 amide bonds. The van der Waals surface area contributed by atoms with Crippen LogP contribution in [0.15, 0.2) is 52.5 Å². The summed E-state index contributed by atoms with van der Waals surface area (Å²) in [6.07, 6.45) is 1.99. The van der Waals surface area contributed by atoms with Crippen LogP contribution in [0, 0.1) is 6.92 Å². The maximum Gasteiger partial charge on any atom is 0.231 e. The second-order valence-corrected chi connectivity index (χ2v) is 7.27. The van der Waals surface area contributed by atoms with Crippen LogP contribution in [-0.2, 0) is 22.7 Å². The molecule has 0 aliphatic carbocycles. The van der Waals surface area contributed by atoms with Crippen LogP contribution in [0.5, 0.6) is 0 Å². The number of nitrogens with zero attached hydrogens (tertiary/aromatic N) is 1. The van der Waals surface area contributed by atoms with E-state index in [1.165, 1.54) is 11.3 Å². The van der Waals surface area contributed by atoms with E-state index in [1.807, 2.05) is 48.7 Å². The van der Waals surface area contributed by atoms with E-state index in [0.717, 1.165) is 39.2 Å². The van der Waals surface area contributed by atoms with Gasteiger partial charge in [0.25, 0.3) is 0 Å². The summed E-state index contributed by atoms with van der Waals surface area (Å²) in [7, 11) is 0. The van der Waals surface area contributed by atoms with Crippen LogP contribution in [0.25, 0.3) is 0 Å². The molecule has 2 heterocycles. The number of carbonyl (C=O) groups is 1. The number of furan rings is 1. The molecule has 2 aromatic heterocycles. The van der Waals surface area contributed by atoms with E-state index in [2.05, 4.69) is 10.3 Å². The molecule has 0 fully saturated rings. The Morgan fingerprint density at radius 2 is 2.12 bits per heavy atom. The molecule has 124 valence electrons. The fourth-order valence-corrected chi connectivity index (χ4v) is 3.91. The van der Waals surface area contributed by atoms with Gasteiger partial charge in [0.1, 0.15) is 10.8 Å². The van der Waals surface area contributed by atoms with E-state index in [1.54, 1.807) is 18.0 Å². The monoisotopic (exact) mass is 358 g/mol. The maximum absolute atomic E-state index is 12.2. The Kier molecular flexibility index (Phi) is 5.72. The summed E-state index contributed by atoms with van der Waals surface area (Å²) in [5, 5.41) is 5.80. The highest BCUT2D eigenvalue weighted by molar-refractivity contribution is 7.97. The van der Waals surface area contributed by atoms with Gasteiger partial charge in [-0.3, -0.25) is 4.79 Å². The number of nitrogens with one attached hydrogen (secondary N) is 1. The SMILES string of the molecule is Cc1ccccc1NC(=O)Cc1nc(CSCc2ccco2)cs1. The van der Waals surface area contributed by atoms with E-state index >= 15 is 0 Å². The first-order chi connectivity index (χ1) is 11.7. The van der Waals surface area contributed by atoms with Gasteiger partial charge in [0, 0.05) is 16.8 Å². The second kappa shape index (κ2) is 8.17. The van der Waals surface area contributed by atoms with Gasteiger partial charge in [0.2, 0.25) is 5.91 Å². The van der Waals surface area contributed by atoms with Crippen molar-refractivity contribution < 1.29 is 9.21 Å². The molecule has 0 aliphatic heterocycles. The third-order valence-electron chi connectivity index (χ3n) is 3.40. The summed E-state index contributed by atoms with van der Waals surface area (Å²) in [4.78, 5) is 16.7. The molecule has 4 nitrogen and oxygen atoms in total. The van der Waals surface area contributed by atoms with Gasteiger partial charge in [-0.25, -0.2) is 4.98 Å². The molecule has 6 heteroatoms. The second-order valence-electron chi connectivity index (χ2n) is 5.34. The van der Waals surface area contributed by atoms with E-state index in [-0.39, 0.29) is 5.91 Å². The molecule has 3 aromatic rings. The number of aromatic nitrogens is 1. The van der Waals surface area contributed by atoms with Gasteiger partial charge < -0.3 is 9.73 Å². The molecule has 24 heavy (non-hydrogen) atoms. The molecule has 0 saturated carbocycles. The molecular formula is C18H18N2O2S2. The van der Waals surface area contributed by atoms with Gasteiger partial charge in [-0.2, -0.15) is 0 Å². The maximum atomic E-state index is 12.2. The van der Waals surface area contributed by atoms with Gasteiger partial charge in [-0.1, -0.05) is 18.2 Å². The number of aryl methyl sites for hydroxylation is 1. The standard InChI is InChI=1S/C18H18N2O2S2/c1-13-5-2-3-7-16(13)20-17(21)9-18-19-14(11-24-18)10-23-12-15-6-4-8-22-15/h2-8,11H,9-10,12H2,1H3,(H,20,21). The predicted molar refractivity (Wildman–Crippen MR) is 99.3 cm³/mol. The van der Waals surface area contributed by atoms with E-state index in [0.29, 0.717) is 6.42 Å². The van der Waals surface area contributed by atoms with Crippen molar-refractivity contribution in [2.24, 2.45) is 0 Å². The van der Waals surface area contributed by atoms with Crippen LogP contribution in [0.4, 0.5) is 5.69 Å². The van der Waals surface area contributed by atoms with Crippen LogP contribution in [0.1, 0.15) is 22.0 Å². The third kappa shape index (κ3) is 4.72. The Morgan fingerprint density at radius 1 is 1.25 bits per heavy atom. The van der Waals surface area contributed by atoms with Crippen LogP contribution >= 0.6 is 23.1 Å². The fraction of sp³-hybridized carbons (Fsp3) is 0.222. The number of thioether (sulfide) groups is 1. The number of thiazole rings is 1. The summed E-state index contributed by atoms with van der Waals surface area (Å²) in [6.45, 7) is 1.98. The van der Waals surface area contributed by atoms with Gasteiger partial charge in [-0.05, 0) is 30.7 Å². The van der Waals surface area contributed by atoms with Gasteiger partial charge in [0.05, 0.1) is 24.1 Å². The Hall–Kier alpha value is -2.05. The Morgan fingerprint density at radius 3 is 2.92 bits per heavy atom. The van der Waals surface area contributed by atoms with Gasteiger partial charge >= 0.3 is 0 Å². The zero-order valence-corrected chi connectivity index (χ0v) is 15.0. The molecular weight excluding hydrogens is 340 g/mol. The lowest BCUT2D eigenvalue weighted by atomic mass is 10.2. The van der Waals surface area contributed by atoms with Gasteiger partial charge in [-0.15, -0.1) is 23.1 Å². The predicted octanol–water partition coefficient (Wildman–Crippen LogP) is 4.66. The molecule has 0 atom stereocenters. The number of hydrogen-bond acceptors (Lipinski definition) is 5. The summed E-state index contributed by atoms with van der Waals surface area (Å²) >= 11 is 3.28. The first-order valence-corrected chi connectivity index (χ1v) is 9.63. The smallest absolute Gasteiger partial charge is 0.231 e. The quantitative estimate of drug-likeness (QED) is 0.667. The van der Waals surface area contributed by atoms with Crippen LogP contribution in [0.2, 0.25) is 0 Å². The number of rotatable bonds is 7. The van der Waals surface area contributed by atoms with Crippen molar-refractivity contribution in [3.63, 3.8) is 0 Å². The summed E-state index contributed by atoms with van der Waals surface area (Å²) in [6, 6.07) is 11.6. The Labute approximate surface area is 149 Å². The largest absolute Gasteiger partial charge is 0.468 e. The van der Waals surface area contributed by atoms with Crippen molar-refractivity contribution in [1.82, 2.24) is 4.98 Å². The lowest BCUT2D eigenvalue weighted by Crippen LogP contribution is -2.15. The first-order valence-electron chi connectivity index (χ1n) is 7.59. The van der Waals surface area contributed by atoms with Crippen molar-refractivity contribution in [2.45, 2.75) is 24.9 Å². The van der Waals surface area contributed by atoms with E-state index < -0.39 is 0 Å². The summed E-state index contributed by atoms with van der Waals surface area (Å²) in [5.41, 5.74) is 2.92. The third-order valence-corrected chi connectivity index (χ3v) is 5.29. The van der Waals surface area contributed by atoms with Crippen molar-refractivity contribution in [3.8, 4) is 0 Å². The molecule has 0 bridgehead atoms. The number of benzene rings is 1. The van der Waals surface area contributed by atoms with E-state index in [4.69, 9.17) is 4.42 Å². The summed E-state index contributed by atoms with van der Waals surface area (Å²) in [5.74, 6) is 2.58. The lowest BCUT2D eigenvalue weighted by molar-refractivity contribution is -0.115. The molecule has 3 rings (SSSR count). The number of anilines is 1. The lowest BCUT2D eigenvalue weighted by Gasteiger charge is -2.06. The van der Waals surface area contributed by atoms with Crippen molar-refractivity contribution in [3.05, 3.63) is 70.1 Å². The number of amides is 1. The molecule has 1 aromatic carbocycles. The average Bonchev–Trinajstić information content (AvgIpc) is 3.22. The number of carbonyl (C=O) groups excluding carboxylic acids is 1. The minimum atomic E-state index is -0.0339. The molecule has 0 saturated heterocycles. The topological polar surface area (TPSA) is 55.1 Å². The zero-order chi connectivity index (χ0) is 16.8. The Bertz CT molecular complexity index is 797. The van der Waals surface area contributed by atoms with Crippen molar-refractivity contribution in [1.29, 1.82) is 0 Å². The molecule has 0 spiro atoms. The zero-order valence-electron chi connectivity index (χ0n) is 13.3. The van der Waals surface area contributed by atoms with Crippen LogP contribution in [-0.4, -0.2) is 10.9 Å². The first kappa shape index (κ1) is 16.8. The normalized spacial score (nSPS) is 10.7. The van der Waals surface area contributed by atoms with Crippen molar-refractivity contribution in [2.75, 3.05) is 5.32 Å². The minimum Gasteiger partial charge on any atom is -0.468 e. The fourth-order valence-electron chi connectivity index (χ4n) is 2.19.